The van der Waals surface area contributed by atoms with Crippen LogP contribution in [0.3, 0.4) is 0 Å². The number of nitrogens with one attached hydrogen (secondary N) is 1. The Kier molecular flexibility index (Phi) is 5.74. The Balaban J connectivity index is 1.38. The van der Waals surface area contributed by atoms with E-state index < -0.39 is 17.9 Å². The van der Waals surface area contributed by atoms with Crippen LogP contribution in [0.1, 0.15) is 72.9 Å². The lowest BCUT2D eigenvalue weighted by Gasteiger charge is -2.45. The van der Waals surface area contributed by atoms with Gasteiger partial charge in [-0.05, 0) is 47.1 Å². The molecule has 1 aliphatic heterocycles. The van der Waals surface area contributed by atoms with Gasteiger partial charge >= 0.3 is 0 Å². The van der Waals surface area contributed by atoms with E-state index in [4.69, 9.17) is 0 Å². The smallest absolute Gasteiger partial charge is 0.243 e. The van der Waals surface area contributed by atoms with Crippen LogP contribution >= 0.6 is 0 Å². The van der Waals surface area contributed by atoms with Crippen molar-refractivity contribution in [2.75, 3.05) is 0 Å². The first-order chi connectivity index (χ1) is 17.9. The molecule has 0 saturated carbocycles. The standard InChI is InChI=1S/C32H32N2O3/c1-18(2)17-25(30(35)33-19(3)20-11-5-4-6-12-20)34-31(36)28-26-21-13-7-8-14-22(21)27(29(28)32(34)37)24-16-10-9-15-23(24)26/h4-16,18-19,25-29H,17H2,1-3H3,(H,33,35)/t19-,25+,26?,27?,28+,29+/m1/s1. The van der Waals surface area contributed by atoms with E-state index in [1.807, 2.05) is 75.4 Å². The van der Waals surface area contributed by atoms with E-state index in [2.05, 4.69) is 29.6 Å². The third-order valence-electron chi connectivity index (χ3n) is 8.45. The predicted octanol–water partition coefficient (Wildman–Crippen LogP) is 5.17. The van der Waals surface area contributed by atoms with Crippen LogP contribution in [0.2, 0.25) is 0 Å². The average Bonchev–Trinajstić information content (AvgIpc) is 3.17. The number of hydrogen-bond donors (Lipinski definition) is 1. The number of hydrogen-bond acceptors (Lipinski definition) is 3. The van der Waals surface area contributed by atoms with Crippen molar-refractivity contribution in [3.63, 3.8) is 0 Å². The minimum atomic E-state index is -0.831. The second-order valence-electron chi connectivity index (χ2n) is 11.1. The Hall–Kier alpha value is -3.73. The average molecular weight is 493 g/mol. The summed E-state index contributed by atoms with van der Waals surface area (Å²) < 4.78 is 0. The van der Waals surface area contributed by atoms with Crippen molar-refractivity contribution in [2.24, 2.45) is 17.8 Å². The predicted molar refractivity (Wildman–Crippen MR) is 142 cm³/mol. The first kappa shape index (κ1) is 23.7. The van der Waals surface area contributed by atoms with E-state index >= 15 is 0 Å². The zero-order valence-electron chi connectivity index (χ0n) is 21.4. The van der Waals surface area contributed by atoms with Crippen molar-refractivity contribution >= 4 is 17.7 Å². The van der Waals surface area contributed by atoms with E-state index in [0.717, 1.165) is 27.8 Å². The summed E-state index contributed by atoms with van der Waals surface area (Å²) in [6.07, 6.45) is 0.430. The Morgan fingerprint density at radius 1 is 0.730 bits per heavy atom. The van der Waals surface area contributed by atoms with Crippen LogP contribution in [-0.4, -0.2) is 28.7 Å². The maximum atomic E-state index is 14.2. The van der Waals surface area contributed by atoms with Crippen LogP contribution in [-0.2, 0) is 14.4 Å². The molecule has 1 N–H and O–H groups in total. The van der Waals surface area contributed by atoms with Gasteiger partial charge in [-0.3, -0.25) is 19.3 Å². The van der Waals surface area contributed by atoms with Crippen LogP contribution < -0.4 is 5.32 Å². The number of carbonyl (C=O) groups is 3. The summed E-state index contributed by atoms with van der Waals surface area (Å²) in [4.78, 5) is 43.4. The molecular weight excluding hydrogens is 460 g/mol. The highest BCUT2D eigenvalue weighted by atomic mass is 16.2. The number of amides is 3. The number of nitrogens with zero attached hydrogens (tertiary/aromatic N) is 1. The molecule has 5 heteroatoms. The molecule has 3 aromatic carbocycles. The van der Waals surface area contributed by atoms with Crippen LogP contribution in [0, 0.1) is 17.8 Å². The summed E-state index contributed by atoms with van der Waals surface area (Å²) in [5.41, 5.74) is 5.53. The molecule has 0 radical (unpaired) electrons. The van der Waals surface area contributed by atoms with Crippen molar-refractivity contribution in [3.05, 3.63) is 107 Å². The summed E-state index contributed by atoms with van der Waals surface area (Å²) >= 11 is 0. The van der Waals surface area contributed by atoms with Crippen molar-refractivity contribution in [1.82, 2.24) is 10.2 Å². The number of imide groups is 1. The van der Waals surface area contributed by atoms with Crippen molar-refractivity contribution in [3.8, 4) is 0 Å². The molecule has 5 nitrogen and oxygen atoms in total. The molecule has 2 bridgehead atoms. The van der Waals surface area contributed by atoms with Crippen molar-refractivity contribution in [2.45, 2.75) is 51.1 Å². The molecule has 0 spiro atoms. The SMILES string of the molecule is CC(C)C[C@@H](C(=O)N[C@H](C)c1ccccc1)N1C(=O)[C@H]2C3c4ccccc4C(c4ccccc43)[C@@H]2C1=O. The molecule has 37 heavy (non-hydrogen) atoms. The van der Waals surface area contributed by atoms with Gasteiger partial charge in [-0.1, -0.05) is 92.7 Å². The van der Waals surface area contributed by atoms with E-state index in [9.17, 15) is 14.4 Å². The van der Waals surface area contributed by atoms with Gasteiger partial charge in [0.2, 0.25) is 17.7 Å². The highest BCUT2D eigenvalue weighted by Gasteiger charge is 2.63. The van der Waals surface area contributed by atoms with E-state index in [1.54, 1.807) is 0 Å². The summed E-state index contributed by atoms with van der Waals surface area (Å²) in [5, 5.41) is 3.09. The normalized spacial score (nSPS) is 24.9. The third kappa shape index (κ3) is 3.63. The van der Waals surface area contributed by atoms with Gasteiger partial charge in [0.15, 0.2) is 0 Å². The molecule has 0 unspecified atom stereocenters. The Labute approximate surface area is 217 Å². The quantitative estimate of drug-likeness (QED) is 0.483. The van der Waals surface area contributed by atoms with E-state index in [0.29, 0.717) is 6.42 Å². The fourth-order valence-electron chi connectivity index (χ4n) is 6.92. The summed E-state index contributed by atoms with van der Waals surface area (Å²) in [6, 6.07) is 25.1. The second-order valence-corrected chi connectivity index (χ2v) is 11.1. The fraction of sp³-hybridized carbons (Fsp3) is 0.344. The highest BCUT2D eigenvalue weighted by Crippen LogP contribution is 2.61. The molecule has 3 aromatic rings. The molecule has 3 aliphatic carbocycles. The summed E-state index contributed by atoms with van der Waals surface area (Å²) in [6.45, 7) is 5.98. The fourth-order valence-corrected chi connectivity index (χ4v) is 6.92. The molecule has 3 amide bonds. The molecular formula is C32H32N2O3. The number of benzene rings is 3. The molecule has 1 saturated heterocycles. The Morgan fingerprint density at radius 3 is 1.59 bits per heavy atom. The molecule has 4 atom stereocenters. The Bertz CT molecular complexity index is 1270. The summed E-state index contributed by atoms with van der Waals surface area (Å²) in [5.74, 6) is -1.84. The molecule has 7 rings (SSSR count). The maximum absolute atomic E-state index is 14.2. The van der Waals surface area contributed by atoms with Crippen LogP contribution in [0.4, 0.5) is 0 Å². The monoisotopic (exact) mass is 492 g/mol. The largest absolute Gasteiger partial charge is 0.348 e. The minimum Gasteiger partial charge on any atom is -0.348 e. The van der Waals surface area contributed by atoms with Crippen LogP contribution in [0.25, 0.3) is 0 Å². The first-order valence-corrected chi connectivity index (χ1v) is 13.3. The van der Waals surface area contributed by atoms with Crippen LogP contribution in [0.15, 0.2) is 78.9 Å². The lowest BCUT2D eigenvalue weighted by Crippen LogP contribution is -2.51. The first-order valence-electron chi connectivity index (χ1n) is 13.3. The van der Waals surface area contributed by atoms with Crippen molar-refractivity contribution in [1.29, 1.82) is 0 Å². The molecule has 1 fully saturated rings. The topological polar surface area (TPSA) is 66.5 Å². The molecule has 4 aliphatic rings. The van der Waals surface area contributed by atoms with Crippen molar-refractivity contribution < 1.29 is 14.4 Å². The lowest BCUT2D eigenvalue weighted by atomic mass is 9.55. The third-order valence-corrected chi connectivity index (χ3v) is 8.45. The van der Waals surface area contributed by atoms with E-state index in [-0.39, 0.29) is 41.5 Å². The lowest BCUT2D eigenvalue weighted by molar-refractivity contribution is -0.148. The van der Waals surface area contributed by atoms with Gasteiger partial charge in [0, 0.05) is 11.8 Å². The van der Waals surface area contributed by atoms with Gasteiger partial charge in [-0.15, -0.1) is 0 Å². The molecule has 1 heterocycles. The Morgan fingerprint density at radius 2 is 1.16 bits per heavy atom. The van der Waals surface area contributed by atoms with Gasteiger partial charge in [0.05, 0.1) is 17.9 Å². The highest BCUT2D eigenvalue weighted by molar-refractivity contribution is 6.10. The van der Waals surface area contributed by atoms with Crippen LogP contribution in [0.5, 0.6) is 0 Å². The zero-order chi connectivity index (χ0) is 25.8. The maximum Gasteiger partial charge on any atom is 0.243 e. The van der Waals surface area contributed by atoms with E-state index in [1.165, 1.54) is 4.90 Å². The molecule has 188 valence electrons. The van der Waals surface area contributed by atoms with Gasteiger partial charge < -0.3 is 5.32 Å². The van der Waals surface area contributed by atoms with Gasteiger partial charge in [0.25, 0.3) is 0 Å². The number of carbonyl (C=O) groups excluding carboxylic acids is 3. The van der Waals surface area contributed by atoms with Gasteiger partial charge in [-0.2, -0.15) is 0 Å². The summed E-state index contributed by atoms with van der Waals surface area (Å²) in [7, 11) is 0. The van der Waals surface area contributed by atoms with Gasteiger partial charge in [0.1, 0.15) is 6.04 Å². The van der Waals surface area contributed by atoms with Gasteiger partial charge in [-0.25, -0.2) is 0 Å². The second kappa shape index (κ2) is 8.98. The minimum absolute atomic E-state index is 0.136. The number of likely N-dealkylation sites (tertiary alicyclic amines) is 1. The number of rotatable bonds is 6. The zero-order valence-corrected chi connectivity index (χ0v) is 21.4. The molecule has 0 aromatic heterocycles.